The quantitative estimate of drug-likeness (QED) is 0.663. The molecule has 0 heterocycles. The highest BCUT2D eigenvalue weighted by Gasteiger charge is 2.18. The zero-order valence-corrected chi connectivity index (χ0v) is 11.4. The normalized spacial score (nSPS) is 11.8. The lowest BCUT2D eigenvalue weighted by Crippen LogP contribution is -2.37. The highest BCUT2D eigenvalue weighted by atomic mass is 16.5. The van der Waals surface area contributed by atoms with Crippen LogP contribution in [0.3, 0.4) is 0 Å². The van der Waals surface area contributed by atoms with E-state index in [4.69, 9.17) is 20.3 Å². The van der Waals surface area contributed by atoms with Gasteiger partial charge < -0.3 is 25.6 Å². The van der Waals surface area contributed by atoms with Crippen LogP contribution in [0.5, 0.6) is 11.5 Å². The van der Waals surface area contributed by atoms with Crippen molar-refractivity contribution in [3.05, 3.63) is 17.7 Å². The van der Waals surface area contributed by atoms with E-state index < -0.39 is 0 Å². The van der Waals surface area contributed by atoms with Crippen LogP contribution in [0.15, 0.2) is 12.1 Å². The van der Waals surface area contributed by atoms with Gasteiger partial charge in [-0.2, -0.15) is 0 Å². The molecule has 0 bridgehead atoms. The molecule has 0 saturated heterocycles. The van der Waals surface area contributed by atoms with Crippen LogP contribution in [0.2, 0.25) is 0 Å². The van der Waals surface area contributed by atoms with Gasteiger partial charge in [-0.15, -0.1) is 0 Å². The molecule has 0 fully saturated rings. The number of amides is 1. The number of benzene rings is 1. The summed E-state index contributed by atoms with van der Waals surface area (Å²) < 4.78 is 10.2. The largest absolute Gasteiger partial charge is 0.497 e. The minimum Gasteiger partial charge on any atom is -0.497 e. The Kier molecular flexibility index (Phi) is 5.44. The van der Waals surface area contributed by atoms with Crippen molar-refractivity contribution in [2.24, 2.45) is 0 Å². The van der Waals surface area contributed by atoms with Crippen molar-refractivity contribution >= 4 is 11.6 Å². The van der Waals surface area contributed by atoms with Crippen molar-refractivity contribution in [2.45, 2.75) is 19.4 Å². The Morgan fingerprint density at radius 3 is 2.58 bits per heavy atom. The number of carbonyl (C=O) groups is 1. The van der Waals surface area contributed by atoms with Crippen LogP contribution < -0.4 is 20.5 Å². The first-order chi connectivity index (χ1) is 9.07. The average molecular weight is 268 g/mol. The van der Waals surface area contributed by atoms with Gasteiger partial charge in [-0.3, -0.25) is 4.79 Å². The van der Waals surface area contributed by atoms with E-state index in [2.05, 4.69) is 5.32 Å². The summed E-state index contributed by atoms with van der Waals surface area (Å²) in [5, 5.41) is 11.8. The van der Waals surface area contributed by atoms with E-state index in [0.29, 0.717) is 17.9 Å². The molecule has 0 aromatic heterocycles. The Morgan fingerprint density at radius 1 is 1.42 bits per heavy atom. The summed E-state index contributed by atoms with van der Waals surface area (Å²) in [4.78, 5) is 12.1. The summed E-state index contributed by atoms with van der Waals surface area (Å²) in [7, 11) is 2.96. The van der Waals surface area contributed by atoms with E-state index in [1.807, 2.05) is 6.92 Å². The maximum Gasteiger partial charge on any atom is 0.253 e. The molecule has 19 heavy (non-hydrogen) atoms. The van der Waals surface area contributed by atoms with Crippen molar-refractivity contribution < 1.29 is 19.4 Å². The van der Waals surface area contributed by atoms with Gasteiger partial charge in [0, 0.05) is 6.07 Å². The van der Waals surface area contributed by atoms with Crippen molar-refractivity contribution in [1.82, 2.24) is 5.32 Å². The summed E-state index contributed by atoms with van der Waals surface area (Å²) in [6.45, 7) is 1.75. The lowest BCUT2D eigenvalue weighted by atomic mass is 10.1. The number of aliphatic hydroxyl groups is 1. The molecule has 6 nitrogen and oxygen atoms in total. The maximum atomic E-state index is 12.1. The SMILES string of the molecule is CC[C@@H](CO)NC(=O)c1cc(OC)cc(OC)c1N. The number of methoxy groups -OCH3 is 2. The minimum atomic E-state index is -0.365. The van der Waals surface area contributed by atoms with Gasteiger partial charge in [-0.1, -0.05) is 6.92 Å². The summed E-state index contributed by atoms with van der Waals surface area (Å²) in [5.74, 6) is 0.491. The minimum absolute atomic E-state index is 0.122. The second-order valence-corrected chi connectivity index (χ2v) is 4.05. The molecule has 1 aromatic carbocycles. The molecule has 0 radical (unpaired) electrons. The molecule has 1 aromatic rings. The standard InChI is InChI=1S/C13H20N2O4/c1-4-8(7-16)15-13(17)10-5-9(18-2)6-11(19-3)12(10)14/h5-6,8,16H,4,7,14H2,1-3H3,(H,15,17)/t8-/m0/s1. The number of hydrogen-bond donors (Lipinski definition) is 3. The van der Waals surface area contributed by atoms with Gasteiger partial charge in [0.05, 0.1) is 38.1 Å². The van der Waals surface area contributed by atoms with Gasteiger partial charge in [0.25, 0.3) is 5.91 Å². The van der Waals surface area contributed by atoms with Crippen LogP contribution in [-0.2, 0) is 0 Å². The number of ether oxygens (including phenoxy) is 2. The zero-order valence-electron chi connectivity index (χ0n) is 11.4. The number of aliphatic hydroxyl groups excluding tert-OH is 1. The fourth-order valence-electron chi connectivity index (χ4n) is 1.62. The molecule has 1 amide bonds. The maximum absolute atomic E-state index is 12.1. The molecule has 0 aliphatic carbocycles. The van der Waals surface area contributed by atoms with Gasteiger partial charge in [-0.05, 0) is 12.5 Å². The monoisotopic (exact) mass is 268 g/mol. The van der Waals surface area contributed by atoms with Crippen LogP contribution >= 0.6 is 0 Å². The van der Waals surface area contributed by atoms with Gasteiger partial charge in [0.1, 0.15) is 11.5 Å². The number of nitrogens with one attached hydrogen (secondary N) is 1. The first-order valence-corrected chi connectivity index (χ1v) is 6.00. The highest BCUT2D eigenvalue weighted by molar-refractivity contribution is 6.01. The molecule has 0 aliphatic rings. The molecule has 1 atom stereocenters. The first-order valence-electron chi connectivity index (χ1n) is 6.00. The van der Waals surface area contributed by atoms with E-state index in [1.165, 1.54) is 20.3 Å². The lowest BCUT2D eigenvalue weighted by Gasteiger charge is -2.16. The number of carbonyl (C=O) groups excluding carboxylic acids is 1. The van der Waals surface area contributed by atoms with Crippen molar-refractivity contribution in [3.63, 3.8) is 0 Å². The number of hydrogen-bond acceptors (Lipinski definition) is 5. The molecular weight excluding hydrogens is 248 g/mol. The fourth-order valence-corrected chi connectivity index (χ4v) is 1.62. The molecule has 1 rings (SSSR count). The lowest BCUT2D eigenvalue weighted by molar-refractivity contribution is 0.0915. The Hall–Kier alpha value is -1.95. The predicted molar refractivity (Wildman–Crippen MR) is 72.6 cm³/mol. The zero-order chi connectivity index (χ0) is 14.4. The first kappa shape index (κ1) is 15.1. The summed E-state index contributed by atoms with van der Waals surface area (Å²) in [5.41, 5.74) is 6.38. The number of anilines is 1. The third kappa shape index (κ3) is 3.51. The molecule has 6 heteroatoms. The van der Waals surface area contributed by atoms with Crippen LogP contribution in [0.4, 0.5) is 5.69 Å². The third-order valence-electron chi connectivity index (χ3n) is 2.86. The molecule has 106 valence electrons. The van der Waals surface area contributed by atoms with Crippen LogP contribution in [0, 0.1) is 0 Å². The van der Waals surface area contributed by atoms with Crippen molar-refractivity contribution in [2.75, 3.05) is 26.6 Å². The Morgan fingerprint density at radius 2 is 2.11 bits per heavy atom. The predicted octanol–water partition coefficient (Wildman–Crippen LogP) is 0.787. The van der Waals surface area contributed by atoms with Gasteiger partial charge in [0.2, 0.25) is 0 Å². The molecule has 0 unspecified atom stereocenters. The van der Waals surface area contributed by atoms with Gasteiger partial charge in [-0.25, -0.2) is 0 Å². The molecule has 0 aliphatic heterocycles. The van der Waals surface area contributed by atoms with E-state index in [0.717, 1.165) is 0 Å². The van der Waals surface area contributed by atoms with Crippen LogP contribution in [-0.4, -0.2) is 37.9 Å². The second kappa shape index (κ2) is 6.84. The molecule has 0 saturated carbocycles. The van der Waals surface area contributed by atoms with E-state index in [1.54, 1.807) is 6.07 Å². The number of nitrogens with two attached hydrogens (primary N) is 1. The number of rotatable bonds is 6. The smallest absolute Gasteiger partial charge is 0.253 e. The summed E-state index contributed by atoms with van der Waals surface area (Å²) in [6, 6.07) is 2.84. The van der Waals surface area contributed by atoms with E-state index in [-0.39, 0.29) is 29.8 Å². The Labute approximate surface area is 112 Å². The summed E-state index contributed by atoms with van der Waals surface area (Å²) in [6.07, 6.45) is 0.628. The average Bonchev–Trinajstić information content (AvgIpc) is 2.44. The molecular formula is C13H20N2O4. The third-order valence-corrected chi connectivity index (χ3v) is 2.86. The van der Waals surface area contributed by atoms with E-state index >= 15 is 0 Å². The topological polar surface area (TPSA) is 93.8 Å². The fraction of sp³-hybridized carbons (Fsp3) is 0.462. The molecule has 0 spiro atoms. The van der Waals surface area contributed by atoms with E-state index in [9.17, 15) is 4.79 Å². The molecule has 4 N–H and O–H groups in total. The number of nitrogen functional groups attached to an aromatic ring is 1. The highest BCUT2D eigenvalue weighted by Crippen LogP contribution is 2.31. The van der Waals surface area contributed by atoms with Gasteiger partial charge >= 0.3 is 0 Å². The van der Waals surface area contributed by atoms with Crippen LogP contribution in [0.25, 0.3) is 0 Å². The second-order valence-electron chi connectivity index (χ2n) is 4.05. The van der Waals surface area contributed by atoms with Crippen molar-refractivity contribution in [1.29, 1.82) is 0 Å². The van der Waals surface area contributed by atoms with Gasteiger partial charge in [0.15, 0.2) is 0 Å². The summed E-state index contributed by atoms with van der Waals surface area (Å²) >= 11 is 0. The Bertz CT molecular complexity index is 445. The van der Waals surface area contributed by atoms with Crippen molar-refractivity contribution in [3.8, 4) is 11.5 Å². The van der Waals surface area contributed by atoms with Crippen LogP contribution in [0.1, 0.15) is 23.7 Å². The Balaban J connectivity index is 3.07.